The quantitative estimate of drug-likeness (QED) is 0.748. The number of aryl methyl sites for hydroxylation is 1. The molecule has 3 nitrogen and oxygen atoms in total. The molecule has 0 radical (unpaired) electrons. The highest BCUT2D eigenvalue weighted by Crippen LogP contribution is 2.12. The van der Waals surface area contributed by atoms with Crippen molar-refractivity contribution in [2.24, 2.45) is 0 Å². The first-order chi connectivity index (χ1) is 6.09. The molecule has 0 unspecified atom stereocenters. The van der Waals surface area contributed by atoms with Gasteiger partial charge in [-0.05, 0) is 30.7 Å². The molecule has 0 spiro atoms. The molecule has 0 saturated heterocycles. The van der Waals surface area contributed by atoms with E-state index < -0.39 is 5.97 Å². The van der Waals surface area contributed by atoms with Crippen molar-refractivity contribution < 1.29 is 14.3 Å². The van der Waals surface area contributed by atoms with E-state index in [-0.39, 0.29) is 12.4 Å². The Balaban J connectivity index is 2.68. The first-order valence-electron chi connectivity index (χ1n) is 3.81. The van der Waals surface area contributed by atoms with Crippen LogP contribution in [0.15, 0.2) is 18.2 Å². The predicted molar refractivity (Wildman–Crippen MR) is 47.3 cm³/mol. The van der Waals surface area contributed by atoms with Crippen LogP contribution in [0.1, 0.15) is 5.56 Å². The SMILES string of the molecule is Cc1cc(NCC(=O)O)ccc1F. The highest BCUT2D eigenvalue weighted by Gasteiger charge is 2.00. The van der Waals surface area contributed by atoms with Crippen LogP contribution < -0.4 is 5.32 Å². The summed E-state index contributed by atoms with van der Waals surface area (Å²) in [6, 6.07) is 4.38. The van der Waals surface area contributed by atoms with Crippen molar-refractivity contribution in [3.8, 4) is 0 Å². The minimum atomic E-state index is -0.943. The van der Waals surface area contributed by atoms with Crippen molar-refractivity contribution in [2.45, 2.75) is 6.92 Å². The minimum Gasteiger partial charge on any atom is -0.480 e. The van der Waals surface area contributed by atoms with Crippen LogP contribution >= 0.6 is 0 Å². The minimum absolute atomic E-state index is 0.162. The zero-order valence-electron chi connectivity index (χ0n) is 7.17. The van der Waals surface area contributed by atoms with Gasteiger partial charge < -0.3 is 10.4 Å². The zero-order valence-corrected chi connectivity index (χ0v) is 7.17. The number of anilines is 1. The van der Waals surface area contributed by atoms with E-state index in [0.29, 0.717) is 11.3 Å². The third-order valence-electron chi connectivity index (χ3n) is 1.60. The van der Waals surface area contributed by atoms with Gasteiger partial charge in [-0.1, -0.05) is 0 Å². The number of halogens is 1. The van der Waals surface area contributed by atoms with E-state index in [2.05, 4.69) is 5.32 Å². The second-order valence-electron chi connectivity index (χ2n) is 2.71. The van der Waals surface area contributed by atoms with Gasteiger partial charge in [-0.2, -0.15) is 0 Å². The van der Waals surface area contributed by atoms with Crippen LogP contribution in [-0.4, -0.2) is 17.6 Å². The maximum absolute atomic E-state index is 12.8. The summed E-state index contributed by atoms with van der Waals surface area (Å²) in [4.78, 5) is 10.2. The van der Waals surface area contributed by atoms with Gasteiger partial charge in [0.2, 0.25) is 0 Å². The summed E-state index contributed by atoms with van der Waals surface area (Å²) in [5.74, 6) is -1.23. The van der Waals surface area contributed by atoms with Crippen molar-refractivity contribution in [1.29, 1.82) is 0 Å². The molecule has 0 aromatic heterocycles. The van der Waals surface area contributed by atoms with Crippen LogP contribution in [0.25, 0.3) is 0 Å². The number of rotatable bonds is 3. The van der Waals surface area contributed by atoms with Crippen molar-refractivity contribution >= 4 is 11.7 Å². The molecule has 0 aliphatic carbocycles. The molecule has 2 N–H and O–H groups in total. The van der Waals surface area contributed by atoms with Crippen molar-refractivity contribution in [3.05, 3.63) is 29.6 Å². The van der Waals surface area contributed by atoms with E-state index in [9.17, 15) is 9.18 Å². The molecule has 13 heavy (non-hydrogen) atoms. The maximum Gasteiger partial charge on any atom is 0.322 e. The Morgan fingerprint density at radius 2 is 2.31 bits per heavy atom. The third kappa shape index (κ3) is 2.74. The lowest BCUT2D eigenvalue weighted by Crippen LogP contribution is -2.12. The van der Waals surface area contributed by atoms with Crippen molar-refractivity contribution in [2.75, 3.05) is 11.9 Å². The molecule has 0 bridgehead atoms. The van der Waals surface area contributed by atoms with Crippen LogP contribution in [0.5, 0.6) is 0 Å². The average Bonchev–Trinajstić information content (AvgIpc) is 2.07. The Kier molecular flexibility index (Phi) is 2.84. The first kappa shape index (κ1) is 9.51. The lowest BCUT2D eigenvalue weighted by Gasteiger charge is -2.04. The standard InChI is InChI=1S/C9H10FNO2/c1-6-4-7(2-3-8(6)10)11-5-9(12)13/h2-4,11H,5H2,1H3,(H,12,13). The Hall–Kier alpha value is -1.58. The number of carboxylic acid groups (broad SMARTS) is 1. The lowest BCUT2D eigenvalue weighted by atomic mass is 10.2. The maximum atomic E-state index is 12.8. The number of hydrogen-bond acceptors (Lipinski definition) is 2. The second-order valence-corrected chi connectivity index (χ2v) is 2.71. The molecule has 1 aromatic carbocycles. The topological polar surface area (TPSA) is 49.3 Å². The highest BCUT2D eigenvalue weighted by molar-refractivity contribution is 5.72. The van der Waals surface area contributed by atoms with E-state index >= 15 is 0 Å². The zero-order chi connectivity index (χ0) is 9.84. The molecule has 0 heterocycles. The summed E-state index contributed by atoms with van der Waals surface area (Å²) < 4.78 is 12.8. The van der Waals surface area contributed by atoms with E-state index in [1.807, 2.05) is 0 Å². The van der Waals surface area contributed by atoms with Gasteiger partial charge >= 0.3 is 5.97 Å². The van der Waals surface area contributed by atoms with Crippen LogP contribution in [0.4, 0.5) is 10.1 Å². The molecule has 1 aromatic rings. The Morgan fingerprint density at radius 1 is 1.62 bits per heavy atom. The number of aliphatic carboxylic acids is 1. The second kappa shape index (κ2) is 3.89. The van der Waals surface area contributed by atoms with E-state index in [1.165, 1.54) is 12.1 Å². The largest absolute Gasteiger partial charge is 0.480 e. The van der Waals surface area contributed by atoms with E-state index in [1.54, 1.807) is 13.0 Å². The molecule has 0 aliphatic rings. The number of carbonyl (C=O) groups is 1. The van der Waals surface area contributed by atoms with Gasteiger partial charge in [0.1, 0.15) is 12.4 Å². The van der Waals surface area contributed by atoms with Crippen molar-refractivity contribution in [1.82, 2.24) is 0 Å². The third-order valence-corrected chi connectivity index (χ3v) is 1.60. The fourth-order valence-corrected chi connectivity index (χ4v) is 0.932. The van der Waals surface area contributed by atoms with Crippen LogP contribution in [0.3, 0.4) is 0 Å². The normalized spacial score (nSPS) is 9.69. The number of carboxylic acids is 1. The summed E-state index contributed by atoms with van der Waals surface area (Å²) in [6.07, 6.45) is 0. The van der Waals surface area contributed by atoms with Gasteiger partial charge in [0.15, 0.2) is 0 Å². The fourth-order valence-electron chi connectivity index (χ4n) is 0.932. The monoisotopic (exact) mass is 183 g/mol. The highest BCUT2D eigenvalue weighted by atomic mass is 19.1. The molecule has 0 atom stereocenters. The smallest absolute Gasteiger partial charge is 0.322 e. The molecule has 0 amide bonds. The fraction of sp³-hybridized carbons (Fsp3) is 0.222. The van der Waals surface area contributed by atoms with Gasteiger partial charge in [-0.3, -0.25) is 4.79 Å². The van der Waals surface area contributed by atoms with Crippen LogP contribution in [0, 0.1) is 12.7 Å². The van der Waals surface area contributed by atoms with Gasteiger partial charge in [0, 0.05) is 5.69 Å². The van der Waals surface area contributed by atoms with Crippen LogP contribution in [-0.2, 0) is 4.79 Å². The molecule has 70 valence electrons. The Bertz CT molecular complexity index is 325. The van der Waals surface area contributed by atoms with Gasteiger partial charge in [-0.25, -0.2) is 4.39 Å². The summed E-state index contributed by atoms with van der Waals surface area (Å²) in [5.41, 5.74) is 1.11. The van der Waals surface area contributed by atoms with Crippen LogP contribution in [0.2, 0.25) is 0 Å². The molecule has 0 fully saturated rings. The molecule has 0 saturated carbocycles. The average molecular weight is 183 g/mol. The first-order valence-corrected chi connectivity index (χ1v) is 3.81. The molecule has 0 aliphatic heterocycles. The summed E-state index contributed by atoms with van der Waals surface area (Å²) in [7, 11) is 0. The summed E-state index contributed by atoms with van der Waals surface area (Å²) in [5, 5.41) is 11.0. The molecule has 4 heteroatoms. The Labute approximate surface area is 75.2 Å². The molecule has 1 rings (SSSR count). The number of benzene rings is 1. The lowest BCUT2D eigenvalue weighted by molar-refractivity contribution is -0.134. The van der Waals surface area contributed by atoms with Crippen molar-refractivity contribution in [3.63, 3.8) is 0 Å². The van der Waals surface area contributed by atoms with E-state index in [4.69, 9.17) is 5.11 Å². The van der Waals surface area contributed by atoms with Gasteiger partial charge in [-0.15, -0.1) is 0 Å². The van der Waals surface area contributed by atoms with Gasteiger partial charge in [0.05, 0.1) is 0 Å². The number of nitrogens with one attached hydrogen (secondary N) is 1. The summed E-state index contributed by atoms with van der Waals surface area (Å²) in [6.45, 7) is 1.46. The summed E-state index contributed by atoms with van der Waals surface area (Å²) >= 11 is 0. The molecular weight excluding hydrogens is 173 g/mol. The van der Waals surface area contributed by atoms with Gasteiger partial charge in [0.25, 0.3) is 0 Å². The predicted octanol–water partition coefficient (Wildman–Crippen LogP) is 1.63. The Morgan fingerprint density at radius 3 is 2.85 bits per heavy atom. The van der Waals surface area contributed by atoms with E-state index in [0.717, 1.165) is 0 Å². The number of hydrogen-bond donors (Lipinski definition) is 2. The molecular formula is C9H10FNO2.